The van der Waals surface area contributed by atoms with Gasteiger partial charge in [-0.1, -0.05) is 12.1 Å². The van der Waals surface area contributed by atoms with Crippen LogP contribution < -0.4 is 10.1 Å². The van der Waals surface area contributed by atoms with Gasteiger partial charge in [0.2, 0.25) is 0 Å². The summed E-state index contributed by atoms with van der Waals surface area (Å²) in [5, 5.41) is 3.39. The molecular weight excluding hydrogens is 376 g/mol. The molecule has 0 radical (unpaired) electrons. The molecule has 0 saturated carbocycles. The van der Waals surface area contributed by atoms with E-state index in [2.05, 4.69) is 31.3 Å². The standard InChI is InChI=1S/C18H26N2O2S2.ClH/c1-13-14(2)20(9-8-19-13)17(21)12-22-16-6-4-15(5-7-16)18-23-10-3-11-24-18;/h4-7,13-14,18-19H,3,8-12H2,1-2H3;1H. The molecule has 2 fully saturated rings. The van der Waals surface area contributed by atoms with Crippen molar-refractivity contribution < 1.29 is 9.53 Å². The zero-order chi connectivity index (χ0) is 16.9. The molecule has 2 unspecified atom stereocenters. The number of ether oxygens (including phenoxy) is 1. The first-order chi connectivity index (χ1) is 11.6. The summed E-state index contributed by atoms with van der Waals surface area (Å²) in [7, 11) is 0. The molecule has 0 aromatic heterocycles. The molecule has 0 bridgehead atoms. The molecule has 4 nitrogen and oxygen atoms in total. The Hall–Kier alpha value is -0.560. The molecule has 1 N–H and O–H groups in total. The van der Waals surface area contributed by atoms with E-state index in [1.807, 2.05) is 40.6 Å². The fraction of sp³-hybridized carbons (Fsp3) is 0.611. The minimum atomic E-state index is 0. The third-order valence-corrected chi connectivity index (χ3v) is 7.71. The SMILES string of the molecule is CC1NCCN(C(=O)COc2ccc(C3SCCCS3)cc2)C1C.Cl. The van der Waals surface area contributed by atoms with Gasteiger partial charge >= 0.3 is 0 Å². The first-order valence-corrected chi connectivity index (χ1v) is 10.7. The van der Waals surface area contributed by atoms with E-state index in [1.165, 1.54) is 23.5 Å². The summed E-state index contributed by atoms with van der Waals surface area (Å²) in [5.74, 6) is 3.32. The number of nitrogens with zero attached hydrogens (tertiary/aromatic N) is 1. The highest BCUT2D eigenvalue weighted by Crippen LogP contribution is 2.43. The summed E-state index contributed by atoms with van der Waals surface area (Å²) in [6.45, 7) is 5.92. The van der Waals surface area contributed by atoms with Gasteiger partial charge in [0.05, 0.1) is 4.58 Å². The maximum absolute atomic E-state index is 12.4. The van der Waals surface area contributed by atoms with Crippen LogP contribution in [-0.2, 0) is 4.79 Å². The number of benzene rings is 1. The lowest BCUT2D eigenvalue weighted by atomic mass is 10.1. The lowest BCUT2D eigenvalue weighted by molar-refractivity contribution is -0.137. The van der Waals surface area contributed by atoms with Crippen molar-refractivity contribution in [2.24, 2.45) is 0 Å². The third kappa shape index (κ3) is 5.46. The summed E-state index contributed by atoms with van der Waals surface area (Å²) in [4.78, 5) is 14.3. The van der Waals surface area contributed by atoms with Gasteiger partial charge in [0.1, 0.15) is 5.75 Å². The van der Waals surface area contributed by atoms with E-state index >= 15 is 0 Å². The Balaban J connectivity index is 0.00000225. The molecule has 7 heteroatoms. The minimum absolute atomic E-state index is 0. The molecule has 3 rings (SSSR count). The van der Waals surface area contributed by atoms with Gasteiger partial charge in [-0.05, 0) is 49.5 Å². The second-order valence-corrected chi connectivity index (χ2v) is 9.08. The van der Waals surface area contributed by atoms with Crippen molar-refractivity contribution in [3.8, 4) is 5.75 Å². The Bertz CT molecular complexity index is 553. The second kappa shape index (κ2) is 9.95. The Morgan fingerprint density at radius 1 is 1.24 bits per heavy atom. The Labute approximate surface area is 165 Å². The van der Waals surface area contributed by atoms with E-state index < -0.39 is 0 Å². The fourth-order valence-electron chi connectivity index (χ4n) is 3.04. The number of rotatable bonds is 4. The van der Waals surface area contributed by atoms with E-state index in [0.29, 0.717) is 10.6 Å². The minimum Gasteiger partial charge on any atom is -0.484 e. The highest BCUT2D eigenvalue weighted by atomic mass is 35.5. The molecule has 1 amide bonds. The van der Waals surface area contributed by atoms with Crippen molar-refractivity contribution >= 4 is 41.8 Å². The normalized spacial score (nSPS) is 24.5. The molecule has 140 valence electrons. The van der Waals surface area contributed by atoms with E-state index in [4.69, 9.17) is 4.74 Å². The summed E-state index contributed by atoms with van der Waals surface area (Å²) in [5.41, 5.74) is 1.34. The second-order valence-electron chi connectivity index (χ2n) is 6.36. The quantitative estimate of drug-likeness (QED) is 0.833. The zero-order valence-corrected chi connectivity index (χ0v) is 17.2. The van der Waals surface area contributed by atoms with Crippen LogP contribution >= 0.6 is 35.9 Å². The van der Waals surface area contributed by atoms with Crippen LogP contribution in [0.5, 0.6) is 5.75 Å². The van der Waals surface area contributed by atoms with Crippen molar-refractivity contribution in [1.82, 2.24) is 10.2 Å². The van der Waals surface area contributed by atoms with Crippen molar-refractivity contribution in [1.29, 1.82) is 0 Å². The van der Waals surface area contributed by atoms with E-state index in [0.717, 1.165) is 18.8 Å². The number of amides is 1. The highest BCUT2D eigenvalue weighted by Gasteiger charge is 2.28. The highest BCUT2D eigenvalue weighted by molar-refractivity contribution is 8.16. The lowest BCUT2D eigenvalue weighted by Crippen LogP contribution is -2.58. The van der Waals surface area contributed by atoms with Crippen LogP contribution in [0.3, 0.4) is 0 Å². The predicted molar refractivity (Wildman–Crippen MR) is 110 cm³/mol. The number of hydrogen-bond donors (Lipinski definition) is 1. The summed E-state index contributed by atoms with van der Waals surface area (Å²) < 4.78 is 6.26. The molecule has 0 spiro atoms. The molecule has 2 aliphatic rings. The average Bonchev–Trinajstić information content (AvgIpc) is 2.63. The molecule has 2 atom stereocenters. The average molecular weight is 403 g/mol. The number of nitrogens with one attached hydrogen (secondary N) is 1. The fourth-order valence-corrected chi connectivity index (χ4v) is 5.93. The van der Waals surface area contributed by atoms with Gasteiger partial charge in [0.25, 0.3) is 5.91 Å². The van der Waals surface area contributed by atoms with Gasteiger partial charge in [-0.3, -0.25) is 4.79 Å². The zero-order valence-electron chi connectivity index (χ0n) is 14.8. The van der Waals surface area contributed by atoms with Gasteiger partial charge in [0, 0.05) is 25.2 Å². The van der Waals surface area contributed by atoms with Gasteiger partial charge in [-0.15, -0.1) is 35.9 Å². The van der Waals surface area contributed by atoms with Crippen LogP contribution in [0, 0.1) is 0 Å². The third-order valence-electron chi connectivity index (χ3n) is 4.70. The first-order valence-electron chi connectivity index (χ1n) is 8.64. The lowest BCUT2D eigenvalue weighted by Gasteiger charge is -2.38. The largest absolute Gasteiger partial charge is 0.484 e. The number of thioether (sulfide) groups is 2. The van der Waals surface area contributed by atoms with Crippen LogP contribution in [0.4, 0.5) is 0 Å². The van der Waals surface area contributed by atoms with Crippen molar-refractivity contribution in [2.75, 3.05) is 31.2 Å². The maximum atomic E-state index is 12.4. The van der Waals surface area contributed by atoms with Crippen LogP contribution in [-0.4, -0.2) is 54.1 Å². The summed E-state index contributed by atoms with van der Waals surface area (Å²) in [6, 6.07) is 8.77. The van der Waals surface area contributed by atoms with Crippen molar-refractivity contribution in [3.63, 3.8) is 0 Å². The number of halogens is 1. The predicted octanol–water partition coefficient (Wildman–Crippen LogP) is 3.56. The van der Waals surface area contributed by atoms with E-state index in [-0.39, 0.29) is 31.0 Å². The van der Waals surface area contributed by atoms with Gasteiger partial charge in [0.15, 0.2) is 6.61 Å². The van der Waals surface area contributed by atoms with Crippen LogP contribution in [0.25, 0.3) is 0 Å². The number of carbonyl (C=O) groups excluding carboxylic acids is 1. The molecule has 1 aromatic rings. The Morgan fingerprint density at radius 2 is 1.92 bits per heavy atom. The number of hydrogen-bond acceptors (Lipinski definition) is 5. The van der Waals surface area contributed by atoms with Crippen molar-refractivity contribution in [2.45, 2.75) is 36.9 Å². The first kappa shape index (κ1) is 20.7. The summed E-state index contributed by atoms with van der Waals surface area (Å²) >= 11 is 4.03. The molecule has 2 saturated heterocycles. The van der Waals surface area contributed by atoms with Gasteiger partial charge in [-0.25, -0.2) is 0 Å². The van der Waals surface area contributed by atoms with Crippen molar-refractivity contribution in [3.05, 3.63) is 29.8 Å². The molecule has 1 aromatic carbocycles. The summed E-state index contributed by atoms with van der Waals surface area (Å²) in [6.07, 6.45) is 1.30. The van der Waals surface area contributed by atoms with Crippen LogP contribution in [0.2, 0.25) is 0 Å². The number of piperazine rings is 1. The maximum Gasteiger partial charge on any atom is 0.260 e. The molecular formula is C18H27ClN2O2S2. The molecule has 0 aliphatic carbocycles. The molecule has 25 heavy (non-hydrogen) atoms. The monoisotopic (exact) mass is 402 g/mol. The van der Waals surface area contributed by atoms with E-state index in [1.54, 1.807) is 0 Å². The van der Waals surface area contributed by atoms with Gasteiger partial charge < -0.3 is 15.0 Å². The van der Waals surface area contributed by atoms with E-state index in [9.17, 15) is 4.79 Å². The smallest absolute Gasteiger partial charge is 0.260 e. The molecule has 2 heterocycles. The van der Waals surface area contributed by atoms with Crippen LogP contribution in [0.15, 0.2) is 24.3 Å². The number of carbonyl (C=O) groups is 1. The Kier molecular flexibility index (Phi) is 8.26. The topological polar surface area (TPSA) is 41.6 Å². The van der Waals surface area contributed by atoms with Crippen LogP contribution in [0.1, 0.15) is 30.4 Å². The molecule has 2 aliphatic heterocycles. The van der Waals surface area contributed by atoms with Gasteiger partial charge in [-0.2, -0.15) is 0 Å². The Morgan fingerprint density at radius 3 is 2.60 bits per heavy atom.